The normalized spacial score (nSPS) is 17.0. The van der Waals surface area contributed by atoms with E-state index in [2.05, 4.69) is 86.6 Å². The SMILES string of the molecule is C=CC(=O)NC1CN(c2nc(Nc3ccc(N4CCN(C)CC4)cc3)c3ncn(C(C)C)c3n2)C1. The van der Waals surface area contributed by atoms with Crippen molar-refractivity contribution in [1.29, 1.82) is 0 Å². The summed E-state index contributed by atoms with van der Waals surface area (Å²) in [6.07, 6.45) is 3.11. The summed E-state index contributed by atoms with van der Waals surface area (Å²) in [6.45, 7) is 13.3. The van der Waals surface area contributed by atoms with Crippen LogP contribution in [0.5, 0.6) is 0 Å². The molecule has 0 bridgehead atoms. The van der Waals surface area contributed by atoms with Crippen molar-refractivity contribution in [1.82, 2.24) is 29.7 Å². The highest BCUT2D eigenvalue weighted by Gasteiger charge is 2.31. The summed E-state index contributed by atoms with van der Waals surface area (Å²) in [4.78, 5) is 32.7. The molecule has 0 aliphatic carbocycles. The lowest BCUT2D eigenvalue weighted by molar-refractivity contribution is -0.117. The highest BCUT2D eigenvalue weighted by molar-refractivity contribution is 5.88. The van der Waals surface area contributed by atoms with Crippen molar-refractivity contribution in [2.45, 2.75) is 25.9 Å². The zero-order valence-corrected chi connectivity index (χ0v) is 20.6. The Kier molecular flexibility index (Phi) is 6.29. The van der Waals surface area contributed by atoms with Crippen LogP contribution in [0.1, 0.15) is 19.9 Å². The van der Waals surface area contributed by atoms with Crippen molar-refractivity contribution in [3.63, 3.8) is 0 Å². The summed E-state index contributed by atoms with van der Waals surface area (Å²) in [7, 11) is 2.17. The molecule has 0 unspecified atom stereocenters. The van der Waals surface area contributed by atoms with Crippen LogP contribution in [0, 0.1) is 0 Å². The maximum absolute atomic E-state index is 11.6. The number of hydrogen-bond donors (Lipinski definition) is 2. The Labute approximate surface area is 205 Å². The van der Waals surface area contributed by atoms with E-state index >= 15 is 0 Å². The number of anilines is 4. The molecule has 2 aromatic heterocycles. The molecule has 0 radical (unpaired) electrons. The Hall–Kier alpha value is -3.66. The molecule has 10 nitrogen and oxygen atoms in total. The van der Waals surface area contributed by atoms with Crippen molar-refractivity contribution >= 4 is 40.2 Å². The highest BCUT2D eigenvalue weighted by Crippen LogP contribution is 2.29. The molecule has 5 rings (SSSR count). The summed E-state index contributed by atoms with van der Waals surface area (Å²) in [5.74, 6) is 1.14. The monoisotopic (exact) mass is 475 g/mol. The molecule has 35 heavy (non-hydrogen) atoms. The highest BCUT2D eigenvalue weighted by atomic mass is 16.1. The van der Waals surface area contributed by atoms with Gasteiger partial charge < -0.3 is 29.9 Å². The third kappa shape index (κ3) is 4.79. The molecule has 0 saturated carbocycles. The third-order valence-corrected chi connectivity index (χ3v) is 6.66. The zero-order chi connectivity index (χ0) is 24.5. The Bertz CT molecular complexity index is 1210. The average molecular weight is 476 g/mol. The van der Waals surface area contributed by atoms with Gasteiger partial charge in [-0.3, -0.25) is 4.79 Å². The topological polar surface area (TPSA) is 94.5 Å². The van der Waals surface area contributed by atoms with Gasteiger partial charge >= 0.3 is 0 Å². The summed E-state index contributed by atoms with van der Waals surface area (Å²) >= 11 is 0. The second-order valence-corrected chi connectivity index (χ2v) is 9.57. The van der Waals surface area contributed by atoms with E-state index in [9.17, 15) is 4.79 Å². The van der Waals surface area contributed by atoms with Crippen LogP contribution in [0.3, 0.4) is 0 Å². The number of carbonyl (C=O) groups excluding carboxylic acids is 1. The molecule has 4 heterocycles. The van der Waals surface area contributed by atoms with Crippen LogP contribution in [-0.4, -0.2) is 82.7 Å². The number of fused-ring (bicyclic) bond motifs is 1. The maximum Gasteiger partial charge on any atom is 0.243 e. The van der Waals surface area contributed by atoms with Crippen molar-refractivity contribution in [3.8, 4) is 0 Å². The lowest BCUT2D eigenvalue weighted by atomic mass is 10.1. The van der Waals surface area contributed by atoms with Gasteiger partial charge in [0, 0.05) is 56.7 Å². The Morgan fingerprint density at radius 2 is 1.80 bits per heavy atom. The smallest absolute Gasteiger partial charge is 0.243 e. The van der Waals surface area contributed by atoms with Gasteiger partial charge in [0.15, 0.2) is 17.0 Å². The van der Waals surface area contributed by atoms with Crippen molar-refractivity contribution < 1.29 is 4.79 Å². The Morgan fingerprint density at radius 3 is 2.46 bits per heavy atom. The minimum atomic E-state index is -0.161. The molecular weight excluding hydrogens is 442 g/mol. The van der Waals surface area contributed by atoms with Gasteiger partial charge in [0.1, 0.15) is 0 Å². The molecule has 1 amide bonds. The molecule has 0 spiro atoms. The number of nitrogens with zero attached hydrogens (tertiary/aromatic N) is 7. The van der Waals surface area contributed by atoms with Gasteiger partial charge in [-0.15, -0.1) is 0 Å². The Morgan fingerprint density at radius 1 is 1.09 bits per heavy atom. The summed E-state index contributed by atoms with van der Waals surface area (Å²) < 4.78 is 2.05. The van der Waals surface area contributed by atoms with E-state index in [1.54, 1.807) is 0 Å². The molecule has 0 atom stereocenters. The third-order valence-electron chi connectivity index (χ3n) is 6.66. The van der Waals surface area contributed by atoms with Gasteiger partial charge in [-0.1, -0.05) is 6.58 Å². The number of carbonyl (C=O) groups is 1. The number of piperazine rings is 1. The molecule has 2 fully saturated rings. The molecule has 10 heteroatoms. The second-order valence-electron chi connectivity index (χ2n) is 9.57. The molecule has 1 aromatic carbocycles. The van der Waals surface area contributed by atoms with Gasteiger partial charge in [0.05, 0.1) is 12.4 Å². The first-order chi connectivity index (χ1) is 16.9. The fraction of sp³-hybridized carbons (Fsp3) is 0.440. The lowest BCUT2D eigenvalue weighted by Crippen LogP contribution is -2.59. The van der Waals surface area contributed by atoms with E-state index in [4.69, 9.17) is 9.97 Å². The number of likely N-dealkylation sites (N-methyl/N-ethyl adjacent to an activating group) is 1. The van der Waals surface area contributed by atoms with Crippen LogP contribution in [0.15, 0.2) is 43.2 Å². The zero-order valence-electron chi connectivity index (χ0n) is 20.6. The summed E-state index contributed by atoms with van der Waals surface area (Å²) in [6, 6.07) is 8.77. The van der Waals surface area contributed by atoms with E-state index in [0.29, 0.717) is 24.9 Å². The molecule has 2 saturated heterocycles. The van der Waals surface area contributed by atoms with E-state index in [1.807, 2.05) is 6.33 Å². The van der Waals surface area contributed by atoms with E-state index < -0.39 is 0 Å². The largest absolute Gasteiger partial charge is 0.369 e. The minimum Gasteiger partial charge on any atom is -0.369 e. The minimum absolute atomic E-state index is 0.0633. The van der Waals surface area contributed by atoms with Gasteiger partial charge in [-0.25, -0.2) is 4.98 Å². The van der Waals surface area contributed by atoms with Crippen molar-refractivity contribution in [3.05, 3.63) is 43.2 Å². The van der Waals surface area contributed by atoms with E-state index in [-0.39, 0.29) is 18.0 Å². The molecule has 2 aliphatic heterocycles. The molecular formula is C25H33N9O. The van der Waals surface area contributed by atoms with Gasteiger partial charge in [0.25, 0.3) is 0 Å². The standard InChI is InChI=1S/C25H33N9O/c1-5-21(35)27-19-14-33(15-19)25-29-23(22-24(30-25)34(16-26-22)17(2)3)28-18-6-8-20(9-7-18)32-12-10-31(4)11-13-32/h5-9,16-17,19H,1,10-15H2,2-4H3,(H,27,35)(H,28,29,30). The average Bonchev–Trinajstić information content (AvgIpc) is 3.26. The molecule has 3 aromatic rings. The van der Waals surface area contributed by atoms with Crippen LogP contribution in [0.4, 0.5) is 23.1 Å². The number of benzene rings is 1. The van der Waals surface area contributed by atoms with Crippen LogP contribution >= 0.6 is 0 Å². The number of imidazole rings is 1. The first kappa shape index (κ1) is 23.1. The van der Waals surface area contributed by atoms with Crippen LogP contribution in [0.2, 0.25) is 0 Å². The van der Waals surface area contributed by atoms with Gasteiger partial charge in [-0.2, -0.15) is 9.97 Å². The molecule has 184 valence electrons. The number of nitrogens with one attached hydrogen (secondary N) is 2. The number of rotatable bonds is 7. The molecule has 2 N–H and O–H groups in total. The van der Waals surface area contributed by atoms with Crippen LogP contribution in [0.25, 0.3) is 11.2 Å². The first-order valence-corrected chi connectivity index (χ1v) is 12.1. The van der Waals surface area contributed by atoms with E-state index in [1.165, 1.54) is 11.8 Å². The van der Waals surface area contributed by atoms with Gasteiger partial charge in [-0.05, 0) is 51.2 Å². The fourth-order valence-corrected chi connectivity index (χ4v) is 4.46. The predicted molar refractivity (Wildman–Crippen MR) is 139 cm³/mol. The van der Waals surface area contributed by atoms with Crippen molar-refractivity contribution in [2.24, 2.45) is 0 Å². The van der Waals surface area contributed by atoms with Crippen molar-refractivity contribution in [2.75, 3.05) is 61.4 Å². The van der Waals surface area contributed by atoms with E-state index in [0.717, 1.165) is 43.0 Å². The van der Waals surface area contributed by atoms with Crippen LogP contribution < -0.4 is 20.4 Å². The van der Waals surface area contributed by atoms with Crippen LogP contribution in [-0.2, 0) is 4.79 Å². The number of amides is 1. The quantitative estimate of drug-likeness (QED) is 0.503. The molecule has 2 aliphatic rings. The second kappa shape index (κ2) is 9.53. The summed E-state index contributed by atoms with van der Waals surface area (Å²) in [5.41, 5.74) is 3.71. The van der Waals surface area contributed by atoms with Gasteiger partial charge in [0.2, 0.25) is 11.9 Å². The fourth-order valence-electron chi connectivity index (χ4n) is 4.46. The maximum atomic E-state index is 11.6. The number of aromatic nitrogens is 4. The predicted octanol–water partition coefficient (Wildman–Crippen LogP) is 2.39. The number of hydrogen-bond acceptors (Lipinski definition) is 8. The first-order valence-electron chi connectivity index (χ1n) is 12.1. The summed E-state index contributed by atoms with van der Waals surface area (Å²) in [5, 5.41) is 6.39. The lowest BCUT2D eigenvalue weighted by Gasteiger charge is -2.39. The Balaban J connectivity index is 1.38.